The third-order valence-corrected chi connectivity index (χ3v) is 4.37. The summed E-state index contributed by atoms with van der Waals surface area (Å²) in [5.74, 6) is 1.34. The molecule has 0 aromatic heterocycles. The van der Waals surface area contributed by atoms with E-state index in [0.717, 1.165) is 5.92 Å². The number of rotatable bonds is 1. The Balaban J connectivity index is 2.20. The van der Waals surface area contributed by atoms with Crippen LogP contribution in [0.2, 0.25) is 0 Å². The van der Waals surface area contributed by atoms with Gasteiger partial charge in [0.25, 0.3) is 0 Å². The number of aliphatic hydroxyl groups excluding tert-OH is 1. The molecule has 0 spiro atoms. The lowest BCUT2D eigenvalue weighted by Gasteiger charge is -2.39. The Labute approximate surface area is 99.3 Å². The molecule has 2 rings (SSSR count). The molecule has 3 atom stereocenters. The second kappa shape index (κ2) is 4.37. The Morgan fingerprint density at radius 3 is 2.62 bits per heavy atom. The van der Waals surface area contributed by atoms with Gasteiger partial charge >= 0.3 is 0 Å². The molecular weight excluding hydrogens is 196 g/mol. The molecule has 0 bridgehead atoms. The van der Waals surface area contributed by atoms with Crippen molar-refractivity contribution in [2.75, 3.05) is 0 Å². The third-order valence-electron chi connectivity index (χ3n) is 4.37. The minimum absolute atomic E-state index is 0.0960. The summed E-state index contributed by atoms with van der Waals surface area (Å²) in [6.45, 7) is 6.58. The Hall–Kier alpha value is -0.560. The number of hydrogen-bond acceptors (Lipinski definition) is 1. The maximum absolute atomic E-state index is 10.4. The summed E-state index contributed by atoms with van der Waals surface area (Å²) in [5, 5.41) is 10.4. The highest BCUT2D eigenvalue weighted by molar-refractivity contribution is 5.29. The Morgan fingerprint density at radius 1 is 1.25 bits per heavy atom. The predicted octanol–water partition coefficient (Wildman–Crippen LogP) is 3.70. The van der Waals surface area contributed by atoms with E-state index >= 15 is 0 Å². The van der Waals surface area contributed by atoms with Gasteiger partial charge in [0.05, 0.1) is 6.10 Å². The van der Waals surface area contributed by atoms with E-state index in [1.807, 2.05) is 0 Å². The molecule has 0 heterocycles. The van der Waals surface area contributed by atoms with Gasteiger partial charge in [0.2, 0.25) is 0 Å². The highest BCUT2D eigenvalue weighted by Crippen LogP contribution is 2.41. The SMILES string of the molecule is CC1CCCCC1C1=CC=CC(C)(C)C1O. The maximum atomic E-state index is 10.4. The molecule has 1 saturated carbocycles. The first kappa shape index (κ1) is 11.9. The Morgan fingerprint density at radius 2 is 1.94 bits per heavy atom. The zero-order chi connectivity index (χ0) is 11.8. The summed E-state index contributed by atoms with van der Waals surface area (Å²) < 4.78 is 0. The molecule has 16 heavy (non-hydrogen) atoms. The van der Waals surface area contributed by atoms with Crippen molar-refractivity contribution in [3.63, 3.8) is 0 Å². The molecular formula is C15H24O. The average molecular weight is 220 g/mol. The van der Waals surface area contributed by atoms with Gasteiger partial charge in [-0.1, -0.05) is 58.3 Å². The van der Waals surface area contributed by atoms with Gasteiger partial charge in [-0.15, -0.1) is 0 Å². The zero-order valence-electron chi connectivity index (χ0n) is 10.7. The zero-order valence-corrected chi connectivity index (χ0v) is 10.7. The third kappa shape index (κ3) is 2.10. The van der Waals surface area contributed by atoms with Gasteiger partial charge in [0, 0.05) is 5.41 Å². The number of hydrogen-bond donors (Lipinski definition) is 1. The second-order valence-corrected chi connectivity index (χ2v) is 6.12. The molecule has 1 heteroatoms. The van der Waals surface area contributed by atoms with Crippen LogP contribution in [0.3, 0.4) is 0 Å². The summed E-state index contributed by atoms with van der Waals surface area (Å²) >= 11 is 0. The van der Waals surface area contributed by atoms with E-state index in [2.05, 4.69) is 39.0 Å². The van der Waals surface area contributed by atoms with Crippen LogP contribution >= 0.6 is 0 Å². The molecule has 1 N–H and O–H groups in total. The fourth-order valence-corrected chi connectivity index (χ4v) is 3.16. The quantitative estimate of drug-likeness (QED) is 0.714. The summed E-state index contributed by atoms with van der Waals surface area (Å²) in [6, 6.07) is 0. The maximum Gasteiger partial charge on any atom is 0.0841 e. The van der Waals surface area contributed by atoms with Crippen molar-refractivity contribution in [1.82, 2.24) is 0 Å². The predicted molar refractivity (Wildman–Crippen MR) is 68.1 cm³/mol. The highest BCUT2D eigenvalue weighted by Gasteiger charge is 2.36. The molecule has 1 fully saturated rings. The lowest BCUT2D eigenvalue weighted by Crippen LogP contribution is -2.36. The van der Waals surface area contributed by atoms with E-state index < -0.39 is 0 Å². The van der Waals surface area contributed by atoms with E-state index in [4.69, 9.17) is 0 Å². The van der Waals surface area contributed by atoms with E-state index in [0.29, 0.717) is 5.92 Å². The topological polar surface area (TPSA) is 20.2 Å². The summed E-state index contributed by atoms with van der Waals surface area (Å²) in [4.78, 5) is 0. The molecule has 2 aliphatic rings. The lowest BCUT2D eigenvalue weighted by atomic mass is 9.68. The Kier molecular flexibility index (Phi) is 3.25. The van der Waals surface area contributed by atoms with Crippen LogP contribution in [0.25, 0.3) is 0 Å². The van der Waals surface area contributed by atoms with Crippen LogP contribution in [-0.4, -0.2) is 11.2 Å². The van der Waals surface area contributed by atoms with Gasteiger partial charge in [0.15, 0.2) is 0 Å². The minimum atomic E-state index is -0.289. The second-order valence-electron chi connectivity index (χ2n) is 6.12. The van der Waals surface area contributed by atoms with Crippen molar-refractivity contribution in [1.29, 1.82) is 0 Å². The van der Waals surface area contributed by atoms with Gasteiger partial charge < -0.3 is 5.11 Å². The summed E-state index contributed by atoms with van der Waals surface area (Å²) in [5.41, 5.74) is 1.18. The molecule has 0 amide bonds. The van der Waals surface area contributed by atoms with Crippen molar-refractivity contribution < 1.29 is 5.11 Å². The fourth-order valence-electron chi connectivity index (χ4n) is 3.16. The van der Waals surface area contributed by atoms with Gasteiger partial charge in [0.1, 0.15) is 0 Å². The molecule has 3 unspecified atom stereocenters. The van der Waals surface area contributed by atoms with E-state index in [1.54, 1.807) is 0 Å². The first-order valence-electron chi connectivity index (χ1n) is 6.60. The van der Waals surface area contributed by atoms with Crippen molar-refractivity contribution in [2.45, 2.75) is 52.6 Å². The van der Waals surface area contributed by atoms with Crippen molar-refractivity contribution in [3.8, 4) is 0 Å². The molecule has 0 saturated heterocycles. The molecule has 0 aromatic rings. The normalized spacial score (nSPS) is 38.2. The first-order chi connectivity index (χ1) is 7.52. The van der Waals surface area contributed by atoms with Crippen LogP contribution in [0, 0.1) is 17.3 Å². The smallest absolute Gasteiger partial charge is 0.0841 e. The largest absolute Gasteiger partial charge is 0.388 e. The highest BCUT2D eigenvalue weighted by atomic mass is 16.3. The number of allylic oxidation sites excluding steroid dienone is 2. The van der Waals surface area contributed by atoms with Crippen LogP contribution in [-0.2, 0) is 0 Å². The molecule has 0 aromatic carbocycles. The average Bonchev–Trinajstić information content (AvgIpc) is 2.23. The lowest BCUT2D eigenvalue weighted by molar-refractivity contribution is 0.0910. The van der Waals surface area contributed by atoms with Crippen molar-refractivity contribution in [3.05, 3.63) is 23.8 Å². The first-order valence-corrected chi connectivity index (χ1v) is 6.60. The molecule has 0 radical (unpaired) electrons. The summed E-state index contributed by atoms with van der Waals surface area (Å²) in [6.07, 6.45) is 11.4. The standard InChI is InChI=1S/C15H24O/c1-11-7-4-5-8-12(11)13-9-6-10-15(2,3)14(13)16/h6,9-12,14,16H,4-5,7-8H2,1-3H3. The monoisotopic (exact) mass is 220 g/mol. The molecule has 2 aliphatic carbocycles. The number of aliphatic hydroxyl groups is 1. The molecule has 0 aliphatic heterocycles. The van der Waals surface area contributed by atoms with E-state index in [1.165, 1.54) is 31.3 Å². The molecule has 90 valence electrons. The van der Waals surface area contributed by atoms with Crippen molar-refractivity contribution in [2.24, 2.45) is 17.3 Å². The van der Waals surface area contributed by atoms with Gasteiger partial charge in [-0.25, -0.2) is 0 Å². The molecule has 1 nitrogen and oxygen atoms in total. The van der Waals surface area contributed by atoms with Crippen LogP contribution in [0.15, 0.2) is 23.8 Å². The summed E-state index contributed by atoms with van der Waals surface area (Å²) in [7, 11) is 0. The van der Waals surface area contributed by atoms with Crippen LogP contribution in [0.5, 0.6) is 0 Å². The van der Waals surface area contributed by atoms with Crippen molar-refractivity contribution >= 4 is 0 Å². The Bertz CT molecular complexity index is 311. The van der Waals surface area contributed by atoms with Gasteiger partial charge in [-0.3, -0.25) is 0 Å². The van der Waals surface area contributed by atoms with Crippen LogP contribution in [0.1, 0.15) is 46.5 Å². The van der Waals surface area contributed by atoms with Gasteiger partial charge in [-0.2, -0.15) is 0 Å². The van der Waals surface area contributed by atoms with E-state index in [9.17, 15) is 5.11 Å². The van der Waals surface area contributed by atoms with E-state index in [-0.39, 0.29) is 11.5 Å². The van der Waals surface area contributed by atoms with Crippen LogP contribution < -0.4 is 0 Å². The fraction of sp³-hybridized carbons (Fsp3) is 0.733. The van der Waals surface area contributed by atoms with Crippen LogP contribution in [0.4, 0.5) is 0 Å². The van der Waals surface area contributed by atoms with Gasteiger partial charge in [-0.05, 0) is 23.8 Å². The minimum Gasteiger partial charge on any atom is -0.388 e.